The van der Waals surface area contributed by atoms with Gasteiger partial charge in [0.1, 0.15) is 0 Å². The number of carboxylic acid groups (broad SMARTS) is 1. The maximum Gasteiger partial charge on any atom is 0.334 e. The molecular formula is C4H5NO4. The molecule has 50 valence electrons. The summed E-state index contributed by atoms with van der Waals surface area (Å²) in [5.74, 6) is -1.30. The maximum absolute atomic E-state index is 9.73. The summed E-state index contributed by atoms with van der Waals surface area (Å²) in [5.41, 5.74) is -0.373. The van der Waals surface area contributed by atoms with Crippen LogP contribution in [-0.2, 0) is 4.79 Å². The summed E-state index contributed by atoms with van der Waals surface area (Å²) in [6.45, 7) is 1.12. The van der Waals surface area contributed by atoms with Crippen molar-refractivity contribution in [3.8, 4) is 0 Å². The van der Waals surface area contributed by atoms with E-state index in [9.17, 15) is 14.9 Å². The van der Waals surface area contributed by atoms with Crippen LogP contribution in [-0.4, -0.2) is 16.0 Å². The molecule has 0 bridgehead atoms. The van der Waals surface area contributed by atoms with Crippen LogP contribution in [0.1, 0.15) is 6.92 Å². The van der Waals surface area contributed by atoms with Gasteiger partial charge in [0, 0.05) is 6.92 Å². The first-order valence-electron chi connectivity index (χ1n) is 2.09. The van der Waals surface area contributed by atoms with Crippen LogP contribution < -0.4 is 0 Å². The predicted octanol–water partition coefficient (Wildman–Crippen LogP) is 0.252. The number of rotatable bonds is 2. The largest absolute Gasteiger partial charge is 0.478 e. The smallest absolute Gasteiger partial charge is 0.334 e. The van der Waals surface area contributed by atoms with Gasteiger partial charge in [0.2, 0.25) is 5.70 Å². The van der Waals surface area contributed by atoms with Crippen molar-refractivity contribution in [1.29, 1.82) is 0 Å². The Bertz CT molecular complexity index is 171. The molecule has 1 N–H and O–H groups in total. The third-order valence-corrected chi connectivity index (χ3v) is 0.620. The first kappa shape index (κ1) is 7.61. The summed E-state index contributed by atoms with van der Waals surface area (Å²) >= 11 is 0. The summed E-state index contributed by atoms with van der Waals surface area (Å²) < 4.78 is 0. The van der Waals surface area contributed by atoms with E-state index in [1.54, 1.807) is 0 Å². The number of carbonyl (C=O) groups is 1. The Morgan fingerprint density at radius 3 is 2.33 bits per heavy atom. The third-order valence-electron chi connectivity index (χ3n) is 0.620. The van der Waals surface area contributed by atoms with Gasteiger partial charge in [-0.1, -0.05) is 0 Å². The number of aliphatic carboxylic acids is 1. The van der Waals surface area contributed by atoms with Gasteiger partial charge < -0.3 is 5.11 Å². The Labute approximate surface area is 50.8 Å². The summed E-state index contributed by atoms with van der Waals surface area (Å²) in [7, 11) is 0. The van der Waals surface area contributed by atoms with Crippen molar-refractivity contribution in [3.05, 3.63) is 21.9 Å². The number of allylic oxidation sites excluding steroid dienone is 1. The molecule has 0 rings (SSSR count). The van der Waals surface area contributed by atoms with E-state index in [-0.39, 0.29) is 5.70 Å². The highest BCUT2D eigenvalue weighted by Gasteiger charge is 2.03. The van der Waals surface area contributed by atoms with E-state index in [1.807, 2.05) is 0 Å². The number of hydrogen-bond donors (Lipinski definition) is 1. The second-order valence-corrected chi connectivity index (χ2v) is 1.38. The second kappa shape index (κ2) is 2.81. The minimum absolute atomic E-state index is 0.373. The van der Waals surface area contributed by atoms with Crippen LogP contribution in [0.25, 0.3) is 0 Å². The lowest BCUT2D eigenvalue weighted by molar-refractivity contribution is -0.424. The molecule has 0 heterocycles. The summed E-state index contributed by atoms with van der Waals surface area (Å²) in [6.07, 6.45) is 0.542. The van der Waals surface area contributed by atoms with Crippen molar-refractivity contribution in [2.45, 2.75) is 6.92 Å². The molecule has 0 radical (unpaired) electrons. The van der Waals surface area contributed by atoms with Gasteiger partial charge in [0.05, 0.1) is 11.0 Å². The van der Waals surface area contributed by atoms with Crippen molar-refractivity contribution in [2.75, 3.05) is 0 Å². The first-order valence-corrected chi connectivity index (χ1v) is 2.09. The Balaban J connectivity index is 4.17. The van der Waals surface area contributed by atoms with E-state index in [4.69, 9.17) is 5.11 Å². The second-order valence-electron chi connectivity index (χ2n) is 1.38. The highest BCUT2D eigenvalue weighted by Crippen LogP contribution is 1.90. The summed E-state index contributed by atoms with van der Waals surface area (Å²) in [6, 6.07) is 0. The maximum atomic E-state index is 9.73. The van der Waals surface area contributed by atoms with Crippen molar-refractivity contribution in [2.24, 2.45) is 0 Å². The molecule has 0 amide bonds. The fourth-order valence-corrected chi connectivity index (χ4v) is 0.231. The van der Waals surface area contributed by atoms with E-state index in [0.29, 0.717) is 6.08 Å². The average molecular weight is 131 g/mol. The predicted molar refractivity (Wildman–Crippen MR) is 28.4 cm³/mol. The topological polar surface area (TPSA) is 80.4 Å². The molecule has 0 saturated carbocycles. The lowest BCUT2D eigenvalue weighted by Gasteiger charge is -1.83. The van der Waals surface area contributed by atoms with Crippen molar-refractivity contribution in [3.63, 3.8) is 0 Å². The molecule has 0 fully saturated rings. The van der Waals surface area contributed by atoms with Crippen molar-refractivity contribution < 1.29 is 14.8 Å². The molecule has 0 aliphatic rings. The Hall–Kier alpha value is -1.39. The first-order chi connectivity index (χ1) is 4.04. The Morgan fingerprint density at radius 2 is 2.22 bits per heavy atom. The van der Waals surface area contributed by atoms with Gasteiger partial charge in [-0.2, -0.15) is 0 Å². The van der Waals surface area contributed by atoms with Gasteiger partial charge in [-0.3, -0.25) is 10.1 Å². The molecule has 5 nitrogen and oxygen atoms in total. The van der Waals surface area contributed by atoms with Crippen LogP contribution in [0, 0.1) is 10.1 Å². The van der Waals surface area contributed by atoms with E-state index in [1.165, 1.54) is 0 Å². The highest BCUT2D eigenvalue weighted by atomic mass is 16.6. The molecule has 0 aromatic rings. The van der Waals surface area contributed by atoms with E-state index in [2.05, 4.69) is 0 Å². The van der Waals surface area contributed by atoms with Crippen LogP contribution in [0.5, 0.6) is 0 Å². The van der Waals surface area contributed by atoms with Gasteiger partial charge in [0.15, 0.2) is 0 Å². The van der Waals surface area contributed by atoms with Gasteiger partial charge >= 0.3 is 5.97 Å². The third kappa shape index (κ3) is 3.22. The number of nitro groups is 1. The van der Waals surface area contributed by atoms with Crippen molar-refractivity contribution in [1.82, 2.24) is 0 Å². The minimum atomic E-state index is -1.30. The monoisotopic (exact) mass is 131 g/mol. The highest BCUT2D eigenvalue weighted by molar-refractivity contribution is 5.80. The molecule has 0 aromatic carbocycles. The molecule has 0 spiro atoms. The minimum Gasteiger partial charge on any atom is -0.478 e. The summed E-state index contributed by atoms with van der Waals surface area (Å²) in [5, 5.41) is 17.7. The Morgan fingerprint density at radius 1 is 1.78 bits per heavy atom. The SMILES string of the molecule is C/C(=C\C(=O)O)[N+](=O)[O-]. The number of hydrogen-bond acceptors (Lipinski definition) is 3. The molecule has 0 unspecified atom stereocenters. The quantitative estimate of drug-likeness (QED) is 0.331. The van der Waals surface area contributed by atoms with Crippen molar-refractivity contribution >= 4 is 5.97 Å². The van der Waals surface area contributed by atoms with Gasteiger partial charge in [0.25, 0.3) is 0 Å². The fourth-order valence-electron chi connectivity index (χ4n) is 0.231. The molecule has 5 heteroatoms. The van der Waals surface area contributed by atoms with E-state index in [0.717, 1.165) is 6.92 Å². The zero-order valence-corrected chi connectivity index (χ0v) is 4.70. The lowest BCUT2D eigenvalue weighted by atomic mass is 10.4. The Kier molecular flexibility index (Phi) is 2.37. The average Bonchev–Trinajstić information content (AvgIpc) is 1.63. The molecule has 9 heavy (non-hydrogen) atoms. The van der Waals surface area contributed by atoms with Gasteiger partial charge in [-0.25, -0.2) is 4.79 Å². The lowest BCUT2D eigenvalue weighted by Crippen LogP contribution is -1.98. The van der Waals surface area contributed by atoms with Crippen LogP contribution in [0.3, 0.4) is 0 Å². The van der Waals surface area contributed by atoms with E-state index < -0.39 is 10.9 Å². The number of nitrogens with zero attached hydrogens (tertiary/aromatic N) is 1. The molecule has 0 aliphatic heterocycles. The molecular weight excluding hydrogens is 126 g/mol. The van der Waals surface area contributed by atoms with Crippen LogP contribution >= 0.6 is 0 Å². The normalized spacial score (nSPS) is 11.0. The van der Waals surface area contributed by atoms with Gasteiger partial charge in [-0.15, -0.1) is 0 Å². The van der Waals surface area contributed by atoms with Gasteiger partial charge in [-0.05, 0) is 0 Å². The molecule has 0 atom stereocenters. The molecule has 0 saturated heterocycles. The molecule has 0 aliphatic carbocycles. The molecule has 0 aromatic heterocycles. The zero-order valence-electron chi connectivity index (χ0n) is 4.70. The summed E-state index contributed by atoms with van der Waals surface area (Å²) in [4.78, 5) is 18.7. The zero-order chi connectivity index (χ0) is 7.44. The standard InChI is InChI=1S/C4H5NO4/c1-3(5(8)9)2-4(6)7/h2H,1H3,(H,6,7)/b3-2+. The van der Waals surface area contributed by atoms with Crippen LogP contribution in [0.4, 0.5) is 0 Å². The number of carboxylic acids is 1. The van der Waals surface area contributed by atoms with Crippen LogP contribution in [0.2, 0.25) is 0 Å². The van der Waals surface area contributed by atoms with Crippen LogP contribution in [0.15, 0.2) is 11.8 Å². The van der Waals surface area contributed by atoms with E-state index >= 15 is 0 Å². The fraction of sp³-hybridized carbons (Fsp3) is 0.250.